The van der Waals surface area contributed by atoms with Gasteiger partial charge in [-0.25, -0.2) is 8.42 Å². The van der Waals surface area contributed by atoms with E-state index in [1.165, 1.54) is 6.20 Å². The van der Waals surface area contributed by atoms with Gasteiger partial charge in [0, 0.05) is 38.8 Å². The minimum Gasteiger partial charge on any atom is -0.384 e. The van der Waals surface area contributed by atoms with E-state index in [-0.39, 0.29) is 10.8 Å². The molecule has 1 aromatic heterocycles. The number of piperidine rings is 1. The minimum atomic E-state index is -3.46. The average Bonchev–Trinajstić information content (AvgIpc) is 2.95. The number of alkyl halides is 1. The molecule has 1 unspecified atom stereocenters. The molecule has 1 aliphatic rings. The summed E-state index contributed by atoms with van der Waals surface area (Å²) >= 11 is 5.64. The van der Waals surface area contributed by atoms with E-state index < -0.39 is 10.0 Å². The maximum Gasteiger partial charge on any atom is 0.246 e. The van der Waals surface area contributed by atoms with Gasteiger partial charge in [0.2, 0.25) is 10.0 Å². The smallest absolute Gasteiger partial charge is 0.246 e. The van der Waals surface area contributed by atoms with Gasteiger partial charge in [-0.05, 0) is 25.2 Å². The molecule has 21 heavy (non-hydrogen) atoms. The fourth-order valence-electron chi connectivity index (χ4n) is 2.59. The van der Waals surface area contributed by atoms with Gasteiger partial charge in [-0.1, -0.05) is 0 Å². The molecule has 2 rings (SSSR count). The summed E-state index contributed by atoms with van der Waals surface area (Å²) in [5, 5.41) is 4.10. The minimum absolute atomic E-state index is 0.259. The van der Waals surface area contributed by atoms with Crippen molar-refractivity contribution < 1.29 is 13.2 Å². The highest BCUT2D eigenvalue weighted by Gasteiger charge is 2.31. The van der Waals surface area contributed by atoms with E-state index in [2.05, 4.69) is 5.10 Å². The number of halogens is 1. The van der Waals surface area contributed by atoms with Crippen molar-refractivity contribution in [2.24, 2.45) is 5.92 Å². The third-order valence-corrected chi connectivity index (χ3v) is 5.74. The molecule has 0 radical (unpaired) electrons. The maximum atomic E-state index is 12.6. The molecule has 6 nitrogen and oxygen atoms in total. The highest BCUT2D eigenvalue weighted by atomic mass is 35.5. The van der Waals surface area contributed by atoms with Crippen LogP contribution < -0.4 is 0 Å². The molecule has 8 heteroatoms. The highest BCUT2D eigenvalue weighted by molar-refractivity contribution is 7.89. The first-order valence-electron chi connectivity index (χ1n) is 7.15. The summed E-state index contributed by atoms with van der Waals surface area (Å²) in [5.74, 6) is 0.803. The normalized spacial score (nSPS) is 20.8. The average molecular weight is 336 g/mol. The monoisotopic (exact) mass is 335 g/mol. The van der Waals surface area contributed by atoms with Crippen molar-refractivity contribution in [2.45, 2.75) is 30.7 Å². The van der Waals surface area contributed by atoms with E-state index in [0.29, 0.717) is 32.1 Å². The van der Waals surface area contributed by atoms with Crippen molar-refractivity contribution in [1.82, 2.24) is 14.1 Å². The van der Waals surface area contributed by atoms with Gasteiger partial charge in [0.15, 0.2) is 0 Å². The molecule has 0 saturated carbocycles. The number of aromatic nitrogens is 2. The quantitative estimate of drug-likeness (QED) is 0.709. The van der Waals surface area contributed by atoms with E-state index in [4.69, 9.17) is 16.3 Å². The fourth-order valence-corrected chi connectivity index (χ4v) is 4.22. The molecule has 2 heterocycles. The lowest BCUT2D eigenvalue weighted by Gasteiger charge is -2.31. The molecule has 1 aromatic rings. The molecule has 0 amide bonds. The SMILES string of the molecule is COCC1CCCN(S(=O)(=O)c2cnn(CCCCl)c2)C1. The van der Waals surface area contributed by atoms with Crippen LogP contribution in [-0.2, 0) is 21.3 Å². The van der Waals surface area contributed by atoms with Crippen LogP contribution in [-0.4, -0.2) is 55.2 Å². The summed E-state index contributed by atoms with van der Waals surface area (Å²) in [4.78, 5) is 0.259. The van der Waals surface area contributed by atoms with Crippen LogP contribution in [0.5, 0.6) is 0 Å². The van der Waals surface area contributed by atoms with E-state index in [1.807, 2.05) is 0 Å². The zero-order valence-corrected chi connectivity index (χ0v) is 13.8. The Balaban J connectivity index is 2.08. The van der Waals surface area contributed by atoms with Gasteiger partial charge < -0.3 is 4.74 Å². The molecule has 1 fully saturated rings. The Bertz CT molecular complexity index is 545. The molecule has 0 aliphatic carbocycles. The number of methoxy groups -OCH3 is 1. The van der Waals surface area contributed by atoms with Crippen molar-refractivity contribution in [2.75, 3.05) is 32.7 Å². The van der Waals surface area contributed by atoms with Crippen LogP contribution in [0.1, 0.15) is 19.3 Å². The number of rotatable bonds is 7. The van der Waals surface area contributed by atoms with Crippen LogP contribution in [0.4, 0.5) is 0 Å². The van der Waals surface area contributed by atoms with Crippen LogP contribution in [0.3, 0.4) is 0 Å². The zero-order chi connectivity index (χ0) is 15.3. The van der Waals surface area contributed by atoms with Gasteiger partial charge in [0.25, 0.3) is 0 Å². The highest BCUT2D eigenvalue weighted by Crippen LogP contribution is 2.23. The Labute approximate surface area is 131 Å². The van der Waals surface area contributed by atoms with Crippen molar-refractivity contribution in [1.29, 1.82) is 0 Å². The van der Waals surface area contributed by atoms with E-state index in [1.54, 1.807) is 22.3 Å². The molecular weight excluding hydrogens is 314 g/mol. The second kappa shape index (κ2) is 7.58. The molecule has 0 N–H and O–H groups in total. The third-order valence-electron chi connectivity index (χ3n) is 3.65. The van der Waals surface area contributed by atoms with Gasteiger partial charge >= 0.3 is 0 Å². The number of hydrogen-bond acceptors (Lipinski definition) is 4. The van der Waals surface area contributed by atoms with Crippen LogP contribution >= 0.6 is 11.6 Å². The van der Waals surface area contributed by atoms with Crippen LogP contribution in [0.25, 0.3) is 0 Å². The van der Waals surface area contributed by atoms with Gasteiger partial charge in [0.05, 0.1) is 12.8 Å². The lowest BCUT2D eigenvalue weighted by molar-refractivity contribution is 0.118. The number of ether oxygens (including phenoxy) is 1. The van der Waals surface area contributed by atoms with E-state index in [0.717, 1.165) is 19.3 Å². The Morgan fingerprint density at radius 1 is 1.52 bits per heavy atom. The van der Waals surface area contributed by atoms with Gasteiger partial charge in [-0.2, -0.15) is 9.40 Å². The standard InChI is InChI=1S/C13H22ClN3O3S/c1-20-11-12-4-2-7-17(9-12)21(18,19)13-8-15-16(10-13)6-3-5-14/h8,10,12H,2-7,9,11H2,1H3. The summed E-state index contributed by atoms with van der Waals surface area (Å²) in [6, 6.07) is 0. The number of sulfonamides is 1. The molecular formula is C13H22ClN3O3S. The van der Waals surface area contributed by atoms with Crippen molar-refractivity contribution in [3.05, 3.63) is 12.4 Å². The first-order valence-corrected chi connectivity index (χ1v) is 9.13. The summed E-state index contributed by atoms with van der Waals surface area (Å²) in [7, 11) is -1.81. The third kappa shape index (κ3) is 4.18. The van der Waals surface area contributed by atoms with Gasteiger partial charge in [-0.15, -0.1) is 11.6 Å². The predicted molar refractivity (Wildman–Crippen MR) is 80.9 cm³/mol. The second-order valence-electron chi connectivity index (χ2n) is 5.31. The van der Waals surface area contributed by atoms with Crippen molar-refractivity contribution >= 4 is 21.6 Å². The predicted octanol–water partition coefficient (Wildman–Crippen LogP) is 1.56. The first-order chi connectivity index (χ1) is 10.1. The largest absolute Gasteiger partial charge is 0.384 e. The van der Waals surface area contributed by atoms with Crippen LogP contribution in [0.15, 0.2) is 17.3 Å². The van der Waals surface area contributed by atoms with Crippen LogP contribution in [0, 0.1) is 5.92 Å². The summed E-state index contributed by atoms with van der Waals surface area (Å²) < 4.78 is 33.6. The maximum absolute atomic E-state index is 12.6. The summed E-state index contributed by atoms with van der Waals surface area (Å²) in [6.45, 7) is 2.31. The summed E-state index contributed by atoms with van der Waals surface area (Å²) in [5.41, 5.74) is 0. The van der Waals surface area contributed by atoms with Crippen LogP contribution in [0.2, 0.25) is 0 Å². The molecule has 0 aromatic carbocycles. The topological polar surface area (TPSA) is 64.4 Å². The van der Waals surface area contributed by atoms with Gasteiger partial charge in [0.1, 0.15) is 4.90 Å². The molecule has 1 saturated heterocycles. The van der Waals surface area contributed by atoms with E-state index >= 15 is 0 Å². The van der Waals surface area contributed by atoms with Crippen molar-refractivity contribution in [3.63, 3.8) is 0 Å². The molecule has 1 atom stereocenters. The molecule has 0 bridgehead atoms. The zero-order valence-electron chi connectivity index (χ0n) is 12.2. The number of nitrogens with zero attached hydrogens (tertiary/aromatic N) is 3. The second-order valence-corrected chi connectivity index (χ2v) is 7.62. The molecule has 120 valence electrons. The number of hydrogen-bond donors (Lipinski definition) is 0. The Morgan fingerprint density at radius 3 is 3.05 bits per heavy atom. The fraction of sp³-hybridized carbons (Fsp3) is 0.769. The van der Waals surface area contributed by atoms with Crippen molar-refractivity contribution in [3.8, 4) is 0 Å². The summed E-state index contributed by atoms with van der Waals surface area (Å²) in [6.07, 6.45) is 5.65. The van der Waals surface area contributed by atoms with E-state index in [9.17, 15) is 8.42 Å². The molecule has 0 spiro atoms. The Kier molecular flexibility index (Phi) is 6.04. The molecule has 1 aliphatic heterocycles. The lowest BCUT2D eigenvalue weighted by atomic mass is 10.0. The first kappa shape index (κ1) is 16.7. The Hall–Kier alpha value is -0.630. The Morgan fingerprint density at radius 2 is 2.33 bits per heavy atom. The lowest BCUT2D eigenvalue weighted by Crippen LogP contribution is -2.41. The van der Waals surface area contributed by atoms with Gasteiger partial charge in [-0.3, -0.25) is 4.68 Å². The number of aryl methyl sites for hydroxylation is 1.